The molecule has 0 fully saturated rings. The van der Waals surface area contributed by atoms with E-state index in [1.54, 1.807) is 11.9 Å². The summed E-state index contributed by atoms with van der Waals surface area (Å²) in [6.07, 6.45) is 0.986. The lowest BCUT2D eigenvalue weighted by Crippen LogP contribution is -2.41. The van der Waals surface area contributed by atoms with Gasteiger partial charge in [0.25, 0.3) is 6.43 Å². The molecule has 1 atom stereocenters. The summed E-state index contributed by atoms with van der Waals surface area (Å²) in [5.74, 6) is 0. The molecule has 0 radical (unpaired) electrons. The van der Waals surface area contributed by atoms with Crippen molar-refractivity contribution in [2.45, 2.75) is 45.6 Å². The van der Waals surface area contributed by atoms with E-state index in [-0.39, 0.29) is 6.54 Å². The zero-order valence-electron chi connectivity index (χ0n) is 10.1. The van der Waals surface area contributed by atoms with Gasteiger partial charge in [0.05, 0.1) is 6.54 Å². The van der Waals surface area contributed by atoms with Gasteiger partial charge in [-0.2, -0.15) is 0 Å². The van der Waals surface area contributed by atoms with Gasteiger partial charge in [0.1, 0.15) is 0 Å². The molecule has 0 aromatic heterocycles. The molecule has 2 nitrogen and oxygen atoms in total. The fourth-order valence-electron chi connectivity index (χ4n) is 1.64. The first-order chi connectivity index (χ1) is 7.10. The topological polar surface area (TPSA) is 15.3 Å². The summed E-state index contributed by atoms with van der Waals surface area (Å²) in [6.45, 7) is 5.77. The summed E-state index contributed by atoms with van der Waals surface area (Å²) >= 11 is 0. The van der Waals surface area contributed by atoms with Crippen LogP contribution in [-0.2, 0) is 0 Å². The smallest absolute Gasteiger partial charge is 0.251 e. The van der Waals surface area contributed by atoms with E-state index >= 15 is 0 Å². The molecule has 92 valence electrons. The summed E-state index contributed by atoms with van der Waals surface area (Å²) in [7, 11) is 1.75. The minimum Gasteiger partial charge on any atom is -0.313 e. The summed E-state index contributed by atoms with van der Waals surface area (Å²) in [5.41, 5.74) is 0. The average molecular weight is 222 g/mol. The molecule has 0 aliphatic carbocycles. The second-order valence-electron chi connectivity index (χ2n) is 4.05. The van der Waals surface area contributed by atoms with Gasteiger partial charge in [-0.05, 0) is 26.4 Å². The van der Waals surface area contributed by atoms with E-state index in [2.05, 4.69) is 19.2 Å². The molecule has 0 saturated heterocycles. The van der Waals surface area contributed by atoms with E-state index in [9.17, 15) is 8.78 Å². The zero-order valence-corrected chi connectivity index (χ0v) is 10.1. The molecule has 1 unspecified atom stereocenters. The highest BCUT2D eigenvalue weighted by atomic mass is 19.3. The first-order valence-corrected chi connectivity index (χ1v) is 5.80. The lowest BCUT2D eigenvalue weighted by molar-refractivity contribution is 0.0953. The Kier molecular flexibility index (Phi) is 8.91. The Labute approximate surface area is 92.0 Å². The Morgan fingerprint density at radius 2 is 1.80 bits per heavy atom. The normalized spacial score (nSPS) is 13.8. The van der Waals surface area contributed by atoms with E-state index in [0.717, 1.165) is 25.8 Å². The zero-order chi connectivity index (χ0) is 11.7. The van der Waals surface area contributed by atoms with Crippen LogP contribution in [0.2, 0.25) is 0 Å². The van der Waals surface area contributed by atoms with Gasteiger partial charge in [0.2, 0.25) is 0 Å². The second kappa shape index (κ2) is 9.04. The third-order valence-corrected chi connectivity index (χ3v) is 2.30. The van der Waals surface area contributed by atoms with Crippen molar-refractivity contribution < 1.29 is 8.78 Å². The van der Waals surface area contributed by atoms with Crippen LogP contribution in [-0.4, -0.2) is 44.0 Å². The quantitative estimate of drug-likeness (QED) is 0.644. The molecule has 0 heterocycles. The van der Waals surface area contributed by atoms with Gasteiger partial charge >= 0.3 is 0 Å². The number of rotatable bonds is 9. The maximum atomic E-state index is 12.1. The maximum Gasteiger partial charge on any atom is 0.251 e. The Hall–Kier alpha value is -0.220. The fourth-order valence-corrected chi connectivity index (χ4v) is 1.64. The Bertz CT molecular complexity index is 143. The first kappa shape index (κ1) is 14.8. The molecule has 0 aromatic rings. The molecule has 0 bridgehead atoms. The number of halogens is 2. The molecule has 0 aromatic carbocycles. The summed E-state index contributed by atoms with van der Waals surface area (Å²) in [6, 6.07) is 0.346. The van der Waals surface area contributed by atoms with Crippen molar-refractivity contribution in [2.24, 2.45) is 0 Å². The van der Waals surface area contributed by atoms with E-state index in [1.165, 1.54) is 0 Å². The van der Waals surface area contributed by atoms with Crippen molar-refractivity contribution >= 4 is 0 Å². The van der Waals surface area contributed by atoms with Crippen LogP contribution in [0.3, 0.4) is 0 Å². The van der Waals surface area contributed by atoms with Gasteiger partial charge in [-0.1, -0.05) is 20.3 Å². The largest absolute Gasteiger partial charge is 0.313 e. The molecule has 4 heteroatoms. The minimum absolute atomic E-state index is 0.131. The van der Waals surface area contributed by atoms with Crippen molar-refractivity contribution in [3.05, 3.63) is 0 Å². The average Bonchev–Trinajstić information content (AvgIpc) is 2.13. The predicted octanol–water partition coefficient (Wildman–Crippen LogP) is 2.35. The standard InChI is InChI=1S/C11H24F2N2/c1-4-6-10(14-7-5-2)8-15(3)9-11(12)13/h10-11,14H,4-9H2,1-3H3. The third-order valence-electron chi connectivity index (χ3n) is 2.30. The molecule has 0 spiro atoms. The number of nitrogens with one attached hydrogen (secondary N) is 1. The van der Waals surface area contributed by atoms with Crippen LogP contribution >= 0.6 is 0 Å². The first-order valence-electron chi connectivity index (χ1n) is 5.80. The summed E-state index contributed by atoms with van der Waals surface area (Å²) in [5, 5.41) is 3.39. The van der Waals surface area contributed by atoms with E-state index < -0.39 is 6.43 Å². The Morgan fingerprint density at radius 1 is 1.13 bits per heavy atom. The van der Waals surface area contributed by atoms with Gasteiger partial charge in [0.15, 0.2) is 0 Å². The van der Waals surface area contributed by atoms with Gasteiger partial charge in [-0.3, -0.25) is 4.90 Å². The molecule has 0 aliphatic heterocycles. The Balaban J connectivity index is 3.80. The number of alkyl halides is 2. The number of likely N-dealkylation sites (N-methyl/N-ethyl adjacent to an activating group) is 1. The van der Waals surface area contributed by atoms with E-state index in [0.29, 0.717) is 12.6 Å². The Morgan fingerprint density at radius 3 is 2.27 bits per heavy atom. The molecule has 1 N–H and O–H groups in total. The SMILES string of the molecule is CCCNC(CCC)CN(C)CC(F)F. The van der Waals surface area contributed by atoms with Crippen molar-refractivity contribution in [1.29, 1.82) is 0 Å². The highest BCUT2D eigenvalue weighted by Crippen LogP contribution is 2.02. The molecular formula is C11H24F2N2. The molecule has 0 amide bonds. The van der Waals surface area contributed by atoms with Gasteiger partial charge in [0, 0.05) is 12.6 Å². The number of hydrogen-bond donors (Lipinski definition) is 1. The van der Waals surface area contributed by atoms with Crippen LogP contribution in [0.5, 0.6) is 0 Å². The third kappa shape index (κ3) is 8.75. The maximum absolute atomic E-state index is 12.1. The van der Waals surface area contributed by atoms with Crippen molar-refractivity contribution in [1.82, 2.24) is 10.2 Å². The van der Waals surface area contributed by atoms with Crippen LogP contribution in [0.4, 0.5) is 8.78 Å². The number of nitrogens with zero attached hydrogens (tertiary/aromatic N) is 1. The van der Waals surface area contributed by atoms with Gasteiger partial charge in [-0.25, -0.2) is 8.78 Å². The van der Waals surface area contributed by atoms with E-state index in [4.69, 9.17) is 0 Å². The lowest BCUT2D eigenvalue weighted by Gasteiger charge is -2.24. The van der Waals surface area contributed by atoms with Crippen LogP contribution < -0.4 is 5.32 Å². The van der Waals surface area contributed by atoms with Crippen molar-refractivity contribution in [3.63, 3.8) is 0 Å². The van der Waals surface area contributed by atoms with Crippen molar-refractivity contribution in [2.75, 3.05) is 26.7 Å². The van der Waals surface area contributed by atoms with Gasteiger partial charge in [-0.15, -0.1) is 0 Å². The highest BCUT2D eigenvalue weighted by molar-refractivity contribution is 4.70. The van der Waals surface area contributed by atoms with Crippen molar-refractivity contribution in [3.8, 4) is 0 Å². The molecule has 0 rings (SSSR count). The molecule has 0 aliphatic rings. The molecule has 15 heavy (non-hydrogen) atoms. The number of hydrogen-bond acceptors (Lipinski definition) is 2. The molecular weight excluding hydrogens is 198 g/mol. The monoisotopic (exact) mass is 222 g/mol. The summed E-state index contributed by atoms with van der Waals surface area (Å²) in [4.78, 5) is 1.70. The van der Waals surface area contributed by atoms with Gasteiger partial charge < -0.3 is 5.32 Å². The summed E-state index contributed by atoms with van der Waals surface area (Å²) < 4.78 is 24.2. The van der Waals surface area contributed by atoms with Crippen LogP contribution in [0, 0.1) is 0 Å². The van der Waals surface area contributed by atoms with Crippen LogP contribution in [0.15, 0.2) is 0 Å². The van der Waals surface area contributed by atoms with E-state index in [1.807, 2.05) is 0 Å². The fraction of sp³-hybridized carbons (Fsp3) is 1.00. The second-order valence-corrected chi connectivity index (χ2v) is 4.05. The lowest BCUT2D eigenvalue weighted by atomic mass is 10.1. The van der Waals surface area contributed by atoms with Crippen LogP contribution in [0.1, 0.15) is 33.1 Å². The minimum atomic E-state index is -2.23. The van der Waals surface area contributed by atoms with Crippen LogP contribution in [0.25, 0.3) is 0 Å². The predicted molar refractivity (Wildman–Crippen MR) is 60.5 cm³/mol. The highest BCUT2D eigenvalue weighted by Gasteiger charge is 2.13. The molecule has 0 saturated carbocycles.